The molecule has 2 aliphatic carbocycles. The predicted molar refractivity (Wildman–Crippen MR) is 124 cm³/mol. The average molecular weight is 423 g/mol. The van der Waals surface area contributed by atoms with Crippen LogP contribution in [0.15, 0.2) is 42.5 Å². The monoisotopic (exact) mass is 422 g/mol. The van der Waals surface area contributed by atoms with E-state index in [1.165, 1.54) is 42.4 Å². The first-order chi connectivity index (χ1) is 14.6. The highest BCUT2D eigenvalue weighted by Crippen LogP contribution is 2.59. The molecule has 0 saturated heterocycles. The molecule has 30 heavy (non-hydrogen) atoms. The van der Waals surface area contributed by atoms with Crippen molar-refractivity contribution in [2.45, 2.75) is 64.1 Å². The molecule has 1 N–H and O–H groups in total. The Morgan fingerprint density at radius 2 is 1.90 bits per heavy atom. The Labute approximate surface area is 180 Å². The van der Waals surface area contributed by atoms with Crippen LogP contribution in [-0.2, 0) is 21.9 Å². The first kappa shape index (κ1) is 20.0. The van der Waals surface area contributed by atoms with Gasteiger partial charge in [0, 0.05) is 24.0 Å². The minimum absolute atomic E-state index is 0.143. The summed E-state index contributed by atoms with van der Waals surface area (Å²) < 4.78 is 6.06. The van der Waals surface area contributed by atoms with Crippen LogP contribution in [0.25, 0.3) is 0 Å². The maximum atomic E-state index is 12.8. The quantitative estimate of drug-likeness (QED) is 0.517. The Kier molecular flexibility index (Phi) is 5.33. The Morgan fingerprint density at radius 3 is 2.57 bits per heavy atom. The van der Waals surface area contributed by atoms with E-state index in [4.69, 9.17) is 4.52 Å². The van der Waals surface area contributed by atoms with Crippen molar-refractivity contribution < 1.29 is 9.32 Å². The van der Waals surface area contributed by atoms with Crippen molar-refractivity contribution in [3.63, 3.8) is 0 Å². The minimum Gasteiger partial charge on any atom is -0.342 e. The van der Waals surface area contributed by atoms with Gasteiger partial charge in [-0.1, -0.05) is 29.8 Å². The second-order valence-corrected chi connectivity index (χ2v) is 10.6. The van der Waals surface area contributed by atoms with Gasteiger partial charge in [0.15, 0.2) is 0 Å². The van der Waals surface area contributed by atoms with Crippen molar-refractivity contribution >= 4 is 25.6 Å². The highest BCUT2D eigenvalue weighted by atomic mass is 31.2. The smallest absolute Gasteiger partial charge is 0.227 e. The molecule has 1 heterocycles. The molecule has 5 rings (SSSR count). The van der Waals surface area contributed by atoms with Crippen LogP contribution < -0.4 is 9.99 Å². The average Bonchev–Trinajstić information content (AvgIpc) is 3.63. The summed E-state index contributed by atoms with van der Waals surface area (Å²) in [5, 5.41) is 3.65. The molecule has 2 fully saturated rings. The minimum atomic E-state index is -0.797. The number of carbonyl (C=O) groups excluding carboxylic acids is 1. The van der Waals surface area contributed by atoms with Gasteiger partial charge in [-0.3, -0.25) is 4.79 Å². The third-order valence-corrected chi connectivity index (χ3v) is 8.44. The fourth-order valence-electron chi connectivity index (χ4n) is 4.89. The van der Waals surface area contributed by atoms with Crippen LogP contribution >= 0.6 is 8.30 Å². The van der Waals surface area contributed by atoms with E-state index in [0.717, 1.165) is 29.9 Å². The highest BCUT2D eigenvalue weighted by Gasteiger charge is 2.60. The van der Waals surface area contributed by atoms with Crippen LogP contribution in [0, 0.1) is 12.8 Å². The van der Waals surface area contributed by atoms with Crippen molar-refractivity contribution in [1.29, 1.82) is 0 Å². The number of aryl methyl sites for hydroxylation is 2. The van der Waals surface area contributed by atoms with E-state index in [1.807, 2.05) is 0 Å². The number of nitrogens with zero attached hydrogens (tertiary/aromatic N) is 1. The first-order valence-electron chi connectivity index (χ1n) is 11.3. The van der Waals surface area contributed by atoms with Crippen molar-refractivity contribution in [3.8, 4) is 0 Å². The molecule has 1 amide bonds. The van der Waals surface area contributed by atoms with Crippen LogP contribution in [0.5, 0.6) is 0 Å². The second kappa shape index (κ2) is 7.98. The fourth-order valence-corrected chi connectivity index (χ4v) is 6.41. The molecule has 0 aromatic heterocycles. The zero-order valence-corrected chi connectivity index (χ0v) is 18.9. The van der Waals surface area contributed by atoms with Gasteiger partial charge in [-0.15, -0.1) is 0 Å². The van der Waals surface area contributed by atoms with Gasteiger partial charge >= 0.3 is 0 Å². The van der Waals surface area contributed by atoms with Crippen molar-refractivity contribution in [3.05, 3.63) is 59.2 Å². The molecule has 2 aromatic rings. The number of nitrogens with one attached hydrogen (secondary N) is 1. The molecule has 2 saturated carbocycles. The molecule has 3 aliphatic rings. The van der Waals surface area contributed by atoms with Crippen molar-refractivity contribution in [2.24, 2.45) is 5.92 Å². The summed E-state index contributed by atoms with van der Waals surface area (Å²) in [6.45, 7) is 4.86. The second-order valence-electron chi connectivity index (χ2n) is 9.00. The molecule has 1 aliphatic heterocycles. The summed E-state index contributed by atoms with van der Waals surface area (Å²) >= 11 is 0. The topological polar surface area (TPSA) is 41.6 Å². The van der Waals surface area contributed by atoms with Crippen molar-refractivity contribution in [1.82, 2.24) is 0 Å². The Balaban J connectivity index is 1.35. The summed E-state index contributed by atoms with van der Waals surface area (Å²) in [5.41, 5.74) is 6.27. The Morgan fingerprint density at radius 1 is 1.13 bits per heavy atom. The van der Waals surface area contributed by atoms with E-state index in [2.05, 4.69) is 66.3 Å². The van der Waals surface area contributed by atoms with Gasteiger partial charge < -0.3 is 14.5 Å². The van der Waals surface area contributed by atoms with Crippen molar-refractivity contribution in [2.75, 3.05) is 16.6 Å². The molecular weight excluding hydrogens is 391 g/mol. The maximum absolute atomic E-state index is 12.8. The predicted octanol–water partition coefficient (Wildman–Crippen LogP) is 6.18. The summed E-state index contributed by atoms with van der Waals surface area (Å²) in [6, 6.07) is 15.3. The third kappa shape index (κ3) is 3.88. The summed E-state index contributed by atoms with van der Waals surface area (Å²) in [7, 11) is -0.797. The molecule has 5 heteroatoms. The molecule has 158 valence electrons. The lowest BCUT2D eigenvalue weighted by Crippen LogP contribution is -2.46. The zero-order valence-electron chi connectivity index (χ0n) is 18.0. The summed E-state index contributed by atoms with van der Waals surface area (Å²) in [4.78, 5) is 15.0. The van der Waals surface area contributed by atoms with E-state index in [1.54, 1.807) is 0 Å². The molecule has 0 spiro atoms. The molecule has 1 atom stereocenters. The summed E-state index contributed by atoms with van der Waals surface area (Å²) in [5.74, 6) is 1.05. The summed E-state index contributed by atoms with van der Waals surface area (Å²) in [6.07, 6.45) is 7.28. The standard InChI is InChI=1S/C25H31N2O2P/c1-3-29-30(17-19-6-4-18(2)5-7-19)26-22-11-12-23-20(16-22)8-13-24(28)27(23)25(14-15-25)21-9-10-21/h4-7,11-12,16,21,26H,3,8-10,13-15,17H2,1-2H3. The number of hydrogen-bond acceptors (Lipinski definition) is 3. The lowest BCUT2D eigenvalue weighted by Gasteiger charge is -2.37. The van der Waals surface area contributed by atoms with Crippen LogP contribution in [0.1, 0.15) is 55.7 Å². The molecule has 0 radical (unpaired) electrons. The van der Waals surface area contributed by atoms with Crippen LogP contribution in [0.4, 0.5) is 11.4 Å². The van der Waals surface area contributed by atoms with E-state index in [-0.39, 0.29) is 5.54 Å². The number of carbonyl (C=O) groups is 1. The largest absolute Gasteiger partial charge is 0.342 e. The van der Waals surface area contributed by atoms with Gasteiger partial charge in [0.05, 0.1) is 12.1 Å². The fraction of sp³-hybridized carbons (Fsp3) is 0.480. The van der Waals surface area contributed by atoms with Crippen LogP contribution in [0.2, 0.25) is 0 Å². The molecule has 2 aromatic carbocycles. The van der Waals surface area contributed by atoms with E-state index < -0.39 is 8.30 Å². The van der Waals surface area contributed by atoms with E-state index >= 15 is 0 Å². The molecule has 0 bridgehead atoms. The number of hydrogen-bond donors (Lipinski definition) is 1. The number of rotatable bonds is 8. The maximum Gasteiger partial charge on any atom is 0.227 e. The van der Waals surface area contributed by atoms with Gasteiger partial charge in [0.2, 0.25) is 5.91 Å². The normalized spacial score (nSPS) is 20.6. The lowest BCUT2D eigenvalue weighted by atomic mass is 9.96. The zero-order chi connectivity index (χ0) is 20.7. The van der Waals surface area contributed by atoms with Gasteiger partial charge in [0.1, 0.15) is 8.30 Å². The third-order valence-electron chi connectivity index (χ3n) is 6.71. The Bertz CT molecular complexity index is 935. The number of amides is 1. The lowest BCUT2D eigenvalue weighted by molar-refractivity contribution is -0.119. The number of benzene rings is 2. The SMILES string of the molecule is CCOP(Cc1ccc(C)cc1)Nc1ccc2c(c1)CCC(=O)N2C1(C2CC2)CC1. The molecule has 1 unspecified atom stereocenters. The van der Waals surface area contributed by atoms with E-state index in [0.29, 0.717) is 18.9 Å². The number of anilines is 2. The van der Waals surface area contributed by atoms with Gasteiger partial charge in [-0.2, -0.15) is 0 Å². The van der Waals surface area contributed by atoms with Gasteiger partial charge in [-0.05, 0) is 81.2 Å². The van der Waals surface area contributed by atoms with Crippen LogP contribution in [0.3, 0.4) is 0 Å². The van der Waals surface area contributed by atoms with Crippen LogP contribution in [-0.4, -0.2) is 18.1 Å². The molecular formula is C25H31N2O2P. The van der Waals surface area contributed by atoms with E-state index in [9.17, 15) is 4.79 Å². The first-order valence-corrected chi connectivity index (χ1v) is 12.7. The van der Waals surface area contributed by atoms with Gasteiger partial charge in [-0.25, -0.2) is 0 Å². The number of fused-ring (bicyclic) bond motifs is 1. The van der Waals surface area contributed by atoms with Gasteiger partial charge in [0.25, 0.3) is 0 Å². The molecule has 4 nitrogen and oxygen atoms in total. The highest BCUT2D eigenvalue weighted by molar-refractivity contribution is 7.53. The Hall–Kier alpha value is -1.90.